The largest absolute Gasteiger partial charge is 0.350 e. The third-order valence-electron chi connectivity index (χ3n) is 1.25. The molecule has 0 radical (unpaired) electrons. The number of allylic oxidation sites excluding steroid dienone is 1. The average molecular weight is 178 g/mol. The van der Waals surface area contributed by atoms with E-state index in [9.17, 15) is 0 Å². The Hall–Kier alpha value is -1.22. The predicted molar refractivity (Wildman–Crippen MR) is 53.9 cm³/mol. The number of nitrogens with zero attached hydrogens (tertiary/aromatic N) is 1. The minimum absolute atomic E-state index is 0.663. The van der Waals surface area contributed by atoms with Crippen molar-refractivity contribution in [1.29, 1.82) is 0 Å². The van der Waals surface area contributed by atoms with Crippen LogP contribution in [0.25, 0.3) is 0 Å². The Balaban J connectivity index is 2.73. The van der Waals surface area contributed by atoms with E-state index in [4.69, 9.17) is 12.2 Å². The second-order valence-corrected chi connectivity index (χ2v) is 2.88. The molecule has 62 valence electrons. The number of thiocarbonyl (C=S) groups is 1. The summed E-state index contributed by atoms with van der Waals surface area (Å²) in [5.74, 6) is 0. The molecule has 12 heavy (non-hydrogen) atoms. The molecule has 0 fully saturated rings. The van der Waals surface area contributed by atoms with Crippen molar-refractivity contribution in [3.8, 4) is 0 Å². The van der Waals surface area contributed by atoms with Crippen LogP contribution in [-0.2, 0) is 0 Å². The summed E-state index contributed by atoms with van der Waals surface area (Å²) in [7, 11) is 0. The van der Waals surface area contributed by atoms with Crippen LogP contribution in [-0.4, -0.2) is 9.97 Å². The second kappa shape index (κ2) is 3.97. The molecule has 1 N–H and O–H groups in total. The van der Waals surface area contributed by atoms with Gasteiger partial charge in [-0.1, -0.05) is 18.8 Å². The van der Waals surface area contributed by atoms with Crippen molar-refractivity contribution in [1.82, 2.24) is 10.3 Å². The molecule has 0 aromatic carbocycles. The van der Waals surface area contributed by atoms with Crippen LogP contribution in [0.2, 0.25) is 0 Å². The minimum atomic E-state index is 0.663. The molecule has 0 amide bonds. The first-order valence-corrected chi connectivity index (χ1v) is 3.98. The third-order valence-corrected chi connectivity index (χ3v) is 1.59. The number of hydrogen-bond donors (Lipinski definition) is 1. The zero-order valence-corrected chi connectivity index (χ0v) is 7.69. The number of rotatable bonds is 2. The van der Waals surface area contributed by atoms with Crippen molar-refractivity contribution >= 4 is 17.2 Å². The van der Waals surface area contributed by atoms with Gasteiger partial charge in [0.2, 0.25) is 0 Å². The van der Waals surface area contributed by atoms with Crippen molar-refractivity contribution < 1.29 is 0 Å². The molecular formula is C9H10N2S. The van der Waals surface area contributed by atoms with Crippen molar-refractivity contribution in [2.75, 3.05) is 0 Å². The molecule has 1 heterocycles. The normalized spacial score (nSPS) is 9.08. The monoisotopic (exact) mass is 178 g/mol. The lowest BCUT2D eigenvalue weighted by atomic mass is 10.3. The molecule has 0 aliphatic rings. The Morgan fingerprint density at radius 2 is 2.42 bits per heavy atom. The maximum atomic E-state index is 5.08. The van der Waals surface area contributed by atoms with E-state index in [0.29, 0.717) is 4.99 Å². The van der Waals surface area contributed by atoms with E-state index in [1.165, 1.54) is 0 Å². The van der Waals surface area contributed by atoms with Crippen LogP contribution in [0.1, 0.15) is 12.5 Å². The molecule has 1 aromatic rings. The molecule has 0 unspecified atom stereocenters. The molecule has 0 saturated carbocycles. The molecule has 0 aliphatic heterocycles. The quantitative estimate of drug-likeness (QED) is 0.700. The van der Waals surface area contributed by atoms with Crippen LogP contribution < -0.4 is 5.32 Å². The zero-order chi connectivity index (χ0) is 8.97. The van der Waals surface area contributed by atoms with E-state index in [1.54, 1.807) is 12.4 Å². The summed E-state index contributed by atoms with van der Waals surface area (Å²) in [5, 5.41) is 2.96. The highest BCUT2D eigenvalue weighted by Crippen LogP contribution is 1.97. The Labute approximate surface area is 77.3 Å². The van der Waals surface area contributed by atoms with Gasteiger partial charge in [0.1, 0.15) is 4.99 Å². The van der Waals surface area contributed by atoms with Gasteiger partial charge in [-0.15, -0.1) is 0 Å². The van der Waals surface area contributed by atoms with E-state index < -0.39 is 0 Å². The summed E-state index contributed by atoms with van der Waals surface area (Å²) in [4.78, 5) is 4.62. The molecule has 0 saturated heterocycles. The number of aromatic nitrogens is 1. The molecule has 2 nitrogen and oxygen atoms in total. The minimum Gasteiger partial charge on any atom is -0.350 e. The molecule has 0 aliphatic carbocycles. The maximum Gasteiger partial charge on any atom is 0.112 e. The summed E-state index contributed by atoms with van der Waals surface area (Å²) in [6.45, 7) is 5.57. The van der Waals surface area contributed by atoms with Crippen LogP contribution in [0.5, 0.6) is 0 Å². The Kier molecular flexibility index (Phi) is 2.94. The van der Waals surface area contributed by atoms with E-state index in [0.717, 1.165) is 11.3 Å². The predicted octanol–water partition coefficient (Wildman–Crippen LogP) is 1.88. The van der Waals surface area contributed by atoms with Crippen molar-refractivity contribution in [2.24, 2.45) is 0 Å². The van der Waals surface area contributed by atoms with Gasteiger partial charge in [0, 0.05) is 23.7 Å². The number of nitrogens with one attached hydrogen (secondary N) is 1. The van der Waals surface area contributed by atoms with Crippen molar-refractivity contribution in [2.45, 2.75) is 6.92 Å². The summed E-state index contributed by atoms with van der Waals surface area (Å²) in [6.07, 6.45) is 3.44. The fourth-order valence-electron chi connectivity index (χ4n) is 0.763. The third kappa shape index (κ3) is 2.43. The van der Waals surface area contributed by atoms with E-state index >= 15 is 0 Å². The van der Waals surface area contributed by atoms with Crippen LogP contribution in [0, 0.1) is 0 Å². The van der Waals surface area contributed by atoms with E-state index in [-0.39, 0.29) is 0 Å². The van der Waals surface area contributed by atoms with E-state index in [1.807, 2.05) is 19.1 Å². The molecule has 0 spiro atoms. The molecule has 1 rings (SSSR count). The fourth-order valence-corrected chi connectivity index (χ4v) is 1.06. The van der Waals surface area contributed by atoms with Gasteiger partial charge >= 0.3 is 0 Å². The summed E-state index contributed by atoms with van der Waals surface area (Å²) in [5.41, 5.74) is 1.75. The molecule has 0 bridgehead atoms. The zero-order valence-electron chi connectivity index (χ0n) is 6.87. The summed E-state index contributed by atoms with van der Waals surface area (Å²) in [6, 6.07) is 3.76. The van der Waals surface area contributed by atoms with Crippen molar-refractivity contribution in [3.63, 3.8) is 0 Å². The van der Waals surface area contributed by atoms with Crippen LogP contribution >= 0.6 is 12.2 Å². The lowest BCUT2D eigenvalue weighted by Crippen LogP contribution is -2.19. The van der Waals surface area contributed by atoms with E-state index in [2.05, 4.69) is 16.9 Å². The summed E-state index contributed by atoms with van der Waals surface area (Å²) >= 11 is 5.08. The van der Waals surface area contributed by atoms with Gasteiger partial charge in [-0.2, -0.15) is 0 Å². The lowest BCUT2D eigenvalue weighted by Gasteiger charge is -2.05. The molecule has 3 heteroatoms. The molecular weight excluding hydrogens is 168 g/mol. The Morgan fingerprint density at radius 1 is 1.67 bits per heavy atom. The van der Waals surface area contributed by atoms with Crippen LogP contribution in [0.3, 0.4) is 0 Å². The Bertz CT molecular complexity index is 293. The molecule has 0 atom stereocenters. The first kappa shape index (κ1) is 8.87. The maximum absolute atomic E-state index is 5.08. The van der Waals surface area contributed by atoms with Gasteiger partial charge in [0.25, 0.3) is 0 Å². The second-order valence-electron chi connectivity index (χ2n) is 2.48. The first-order chi connectivity index (χ1) is 5.70. The van der Waals surface area contributed by atoms with Gasteiger partial charge in [0.15, 0.2) is 0 Å². The highest BCUT2D eigenvalue weighted by molar-refractivity contribution is 7.80. The topological polar surface area (TPSA) is 24.9 Å². The SMILES string of the molecule is C=C(C)NC(=S)c1cccnc1. The van der Waals surface area contributed by atoms with Crippen LogP contribution in [0.4, 0.5) is 0 Å². The van der Waals surface area contributed by atoms with Crippen molar-refractivity contribution in [3.05, 3.63) is 42.4 Å². The lowest BCUT2D eigenvalue weighted by molar-refractivity contribution is 1.14. The highest BCUT2D eigenvalue weighted by Gasteiger charge is 1.98. The van der Waals surface area contributed by atoms with Crippen LogP contribution in [0.15, 0.2) is 36.8 Å². The number of pyridine rings is 1. The molecule has 1 aromatic heterocycles. The summed E-state index contributed by atoms with van der Waals surface area (Å²) < 4.78 is 0. The van der Waals surface area contributed by atoms with Gasteiger partial charge in [-0.05, 0) is 19.1 Å². The first-order valence-electron chi connectivity index (χ1n) is 3.57. The standard InChI is InChI=1S/C9H10N2S/c1-7(2)11-9(12)8-4-3-5-10-6-8/h3-6H,1H2,2H3,(H,11,12). The van der Waals surface area contributed by atoms with Gasteiger partial charge in [-0.25, -0.2) is 0 Å². The number of hydrogen-bond acceptors (Lipinski definition) is 2. The fraction of sp³-hybridized carbons (Fsp3) is 0.111. The smallest absolute Gasteiger partial charge is 0.112 e. The van der Waals surface area contributed by atoms with Gasteiger partial charge in [0.05, 0.1) is 0 Å². The Morgan fingerprint density at radius 3 is 2.92 bits per heavy atom. The highest BCUT2D eigenvalue weighted by atomic mass is 32.1. The average Bonchev–Trinajstić information content (AvgIpc) is 2.05. The van der Waals surface area contributed by atoms with Gasteiger partial charge in [-0.3, -0.25) is 4.98 Å². The van der Waals surface area contributed by atoms with Gasteiger partial charge < -0.3 is 5.32 Å².